The molecule has 1 aliphatic heterocycles. The Balaban J connectivity index is 1.86. The van der Waals surface area contributed by atoms with Crippen LogP contribution in [-0.2, 0) is 15.4 Å². The second kappa shape index (κ2) is 5.76. The summed E-state index contributed by atoms with van der Waals surface area (Å²) in [6.07, 6.45) is 2.04. The Labute approximate surface area is 124 Å². The summed E-state index contributed by atoms with van der Waals surface area (Å²) < 4.78 is 30.0. The number of rotatable bonds is 4. The van der Waals surface area contributed by atoms with Crippen molar-refractivity contribution in [3.8, 4) is 0 Å². The zero-order valence-corrected chi connectivity index (χ0v) is 13.4. The molecule has 1 N–H and O–H groups in total. The molecule has 118 valence electrons. The molecule has 0 atom stereocenters. The molecule has 0 aromatic carbocycles. The van der Waals surface area contributed by atoms with Gasteiger partial charge < -0.3 is 9.73 Å². The molecule has 1 fully saturated rings. The minimum atomic E-state index is -3.12. The highest BCUT2D eigenvalue weighted by molar-refractivity contribution is 7.89. The van der Waals surface area contributed by atoms with Crippen LogP contribution in [0.4, 0.5) is 0 Å². The summed E-state index contributed by atoms with van der Waals surface area (Å²) in [6, 6.07) is 0. The summed E-state index contributed by atoms with van der Waals surface area (Å²) >= 11 is 0. The number of nitrogens with zero attached hydrogens (tertiary/aromatic N) is 2. The van der Waals surface area contributed by atoms with Gasteiger partial charge in [0.15, 0.2) is 0 Å². The highest BCUT2D eigenvalue weighted by Crippen LogP contribution is 2.21. The van der Waals surface area contributed by atoms with Crippen LogP contribution in [0.2, 0.25) is 0 Å². The Morgan fingerprint density at radius 2 is 2.19 bits per heavy atom. The lowest BCUT2D eigenvalue weighted by molar-refractivity contribution is 0.0920. The van der Waals surface area contributed by atoms with Gasteiger partial charge in [-0.05, 0) is 6.42 Å². The molecule has 0 bridgehead atoms. The van der Waals surface area contributed by atoms with Gasteiger partial charge in [-0.2, -0.15) is 0 Å². The van der Waals surface area contributed by atoms with Crippen molar-refractivity contribution in [1.29, 1.82) is 0 Å². The molecule has 1 aliphatic rings. The molecule has 1 saturated heterocycles. The van der Waals surface area contributed by atoms with E-state index in [0.29, 0.717) is 18.9 Å². The fraction of sp³-hybridized carbons (Fsp3) is 0.692. The normalized spacial score (nSPS) is 18.8. The van der Waals surface area contributed by atoms with E-state index in [4.69, 9.17) is 4.42 Å². The molecular weight excluding hydrogens is 294 g/mol. The molecule has 8 heteroatoms. The lowest BCUT2D eigenvalue weighted by Crippen LogP contribution is -2.35. The number of hydrogen-bond acceptors (Lipinski definition) is 5. The number of hydrogen-bond donors (Lipinski definition) is 1. The van der Waals surface area contributed by atoms with Gasteiger partial charge in [-0.3, -0.25) is 4.79 Å². The van der Waals surface area contributed by atoms with E-state index in [2.05, 4.69) is 10.3 Å². The Hall–Kier alpha value is -1.41. The van der Waals surface area contributed by atoms with Crippen molar-refractivity contribution >= 4 is 15.9 Å². The summed E-state index contributed by atoms with van der Waals surface area (Å²) in [6.45, 7) is 6.89. The average Bonchev–Trinajstić information content (AvgIpc) is 2.96. The first kappa shape index (κ1) is 16.0. The minimum Gasteiger partial charge on any atom is -0.435 e. The SMILES string of the molecule is CC(C)(C)c1ncc(C(=O)NCCN2CCCS2(=O)=O)o1. The molecule has 21 heavy (non-hydrogen) atoms. The topological polar surface area (TPSA) is 92.5 Å². The molecule has 2 heterocycles. The lowest BCUT2D eigenvalue weighted by atomic mass is 9.97. The number of aromatic nitrogens is 1. The molecule has 0 radical (unpaired) electrons. The maximum atomic E-state index is 11.9. The first-order chi connectivity index (χ1) is 9.70. The number of sulfonamides is 1. The molecule has 0 spiro atoms. The van der Waals surface area contributed by atoms with Crippen LogP contribution in [0, 0.1) is 0 Å². The third kappa shape index (κ3) is 3.82. The molecule has 7 nitrogen and oxygen atoms in total. The molecule has 1 aromatic rings. The van der Waals surface area contributed by atoms with Gasteiger partial charge >= 0.3 is 0 Å². The molecule has 1 amide bonds. The Kier molecular flexibility index (Phi) is 4.38. The predicted molar refractivity (Wildman–Crippen MR) is 77.5 cm³/mol. The highest BCUT2D eigenvalue weighted by atomic mass is 32.2. The molecule has 1 aromatic heterocycles. The third-order valence-electron chi connectivity index (χ3n) is 3.22. The lowest BCUT2D eigenvalue weighted by Gasteiger charge is -2.14. The summed E-state index contributed by atoms with van der Waals surface area (Å²) in [5.74, 6) is 0.450. The van der Waals surface area contributed by atoms with Gasteiger partial charge in [0, 0.05) is 25.0 Å². The van der Waals surface area contributed by atoms with Crippen molar-refractivity contribution in [2.75, 3.05) is 25.4 Å². The van der Waals surface area contributed by atoms with Crippen LogP contribution < -0.4 is 5.32 Å². The molecule has 0 saturated carbocycles. The quantitative estimate of drug-likeness (QED) is 0.884. The van der Waals surface area contributed by atoms with Gasteiger partial charge in [-0.1, -0.05) is 20.8 Å². The van der Waals surface area contributed by atoms with Crippen LogP contribution in [0.15, 0.2) is 10.6 Å². The first-order valence-corrected chi connectivity index (χ1v) is 8.53. The summed E-state index contributed by atoms with van der Waals surface area (Å²) in [7, 11) is -3.12. The van der Waals surface area contributed by atoms with Crippen molar-refractivity contribution < 1.29 is 17.6 Å². The smallest absolute Gasteiger partial charge is 0.288 e. The number of carbonyl (C=O) groups is 1. The number of nitrogens with one attached hydrogen (secondary N) is 1. The number of amides is 1. The number of oxazole rings is 1. The van der Waals surface area contributed by atoms with Crippen molar-refractivity contribution in [2.45, 2.75) is 32.6 Å². The van der Waals surface area contributed by atoms with Crippen LogP contribution in [0.1, 0.15) is 43.6 Å². The van der Waals surface area contributed by atoms with E-state index in [9.17, 15) is 13.2 Å². The van der Waals surface area contributed by atoms with Crippen LogP contribution in [0.25, 0.3) is 0 Å². The van der Waals surface area contributed by atoms with Crippen LogP contribution in [0.5, 0.6) is 0 Å². The van der Waals surface area contributed by atoms with Gasteiger partial charge in [0.1, 0.15) is 0 Å². The Morgan fingerprint density at radius 1 is 1.48 bits per heavy atom. The van der Waals surface area contributed by atoms with Gasteiger partial charge in [-0.15, -0.1) is 0 Å². The first-order valence-electron chi connectivity index (χ1n) is 6.92. The standard InChI is InChI=1S/C13H21N3O4S/c1-13(2,3)12-15-9-10(20-12)11(17)14-5-7-16-6-4-8-21(16,18)19/h9H,4-8H2,1-3H3,(H,14,17). The average molecular weight is 315 g/mol. The fourth-order valence-electron chi connectivity index (χ4n) is 2.05. The van der Waals surface area contributed by atoms with Crippen molar-refractivity contribution in [3.63, 3.8) is 0 Å². The van der Waals surface area contributed by atoms with E-state index in [1.807, 2.05) is 20.8 Å². The summed E-state index contributed by atoms with van der Waals surface area (Å²) in [5, 5.41) is 2.65. The van der Waals surface area contributed by atoms with E-state index in [1.165, 1.54) is 10.5 Å². The number of carbonyl (C=O) groups excluding carboxylic acids is 1. The maximum Gasteiger partial charge on any atom is 0.288 e. The highest BCUT2D eigenvalue weighted by Gasteiger charge is 2.28. The van der Waals surface area contributed by atoms with Crippen LogP contribution in [0.3, 0.4) is 0 Å². The molecular formula is C13H21N3O4S. The van der Waals surface area contributed by atoms with Gasteiger partial charge in [0.2, 0.25) is 21.7 Å². The second-order valence-corrected chi connectivity index (χ2v) is 8.19. The fourth-order valence-corrected chi connectivity index (χ4v) is 3.58. The van der Waals surface area contributed by atoms with Gasteiger partial charge in [-0.25, -0.2) is 17.7 Å². The molecule has 2 rings (SSSR count). The van der Waals surface area contributed by atoms with E-state index in [-0.39, 0.29) is 35.9 Å². The molecule has 0 aliphatic carbocycles. The van der Waals surface area contributed by atoms with Crippen molar-refractivity contribution in [3.05, 3.63) is 17.8 Å². The largest absolute Gasteiger partial charge is 0.435 e. The van der Waals surface area contributed by atoms with E-state index in [0.717, 1.165) is 0 Å². The van der Waals surface area contributed by atoms with Gasteiger partial charge in [0.05, 0.1) is 11.9 Å². The van der Waals surface area contributed by atoms with E-state index in [1.54, 1.807) is 0 Å². The van der Waals surface area contributed by atoms with Crippen LogP contribution in [-0.4, -0.2) is 49.0 Å². The maximum absolute atomic E-state index is 11.9. The zero-order valence-electron chi connectivity index (χ0n) is 12.5. The Bertz CT molecular complexity index is 616. The summed E-state index contributed by atoms with van der Waals surface area (Å²) in [4.78, 5) is 16.0. The summed E-state index contributed by atoms with van der Waals surface area (Å²) in [5.41, 5.74) is -0.262. The zero-order chi connectivity index (χ0) is 15.7. The second-order valence-electron chi connectivity index (χ2n) is 6.10. The van der Waals surface area contributed by atoms with Crippen molar-refractivity contribution in [2.24, 2.45) is 0 Å². The monoisotopic (exact) mass is 315 g/mol. The predicted octanol–water partition coefficient (Wildman–Crippen LogP) is 0.737. The van der Waals surface area contributed by atoms with Crippen molar-refractivity contribution in [1.82, 2.24) is 14.6 Å². The molecule has 0 unspecified atom stereocenters. The third-order valence-corrected chi connectivity index (χ3v) is 5.18. The Morgan fingerprint density at radius 3 is 2.71 bits per heavy atom. The van der Waals surface area contributed by atoms with Gasteiger partial charge in [0.25, 0.3) is 5.91 Å². The van der Waals surface area contributed by atoms with E-state index < -0.39 is 10.0 Å². The van der Waals surface area contributed by atoms with Crippen LogP contribution >= 0.6 is 0 Å². The van der Waals surface area contributed by atoms with E-state index >= 15 is 0 Å². The minimum absolute atomic E-state index is 0.143.